The molecule has 1 aromatic carbocycles. The van der Waals surface area contributed by atoms with Gasteiger partial charge in [0.2, 0.25) is 0 Å². The monoisotopic (exact) mass is 323 g/mol. The van der Waals surface area contributed by atoms with Gasteiger partial charge < -0.3 is 19.9 Å². The Labute approximate surface area is 134 Å². The molecule has 5 nitrogen and oxygen atoms in total. The molecule has 2 heterocycles. The topological polar surface area (TPSA) is 67.8 Å². The van der Waals surface area contributed by atoms with Gasteiger partial charge in [0.05, 0.1) is 19.1 Å². The lowest BCUT2D eigenvalue weighted by molar-refractivity contribution is -0.141. The number of fused-ring (bicyclic) bond motifs is 1. The molecule has 126 valence electrons. The van der Waals surface area contributed by atoms with Crippen molar-refractivity contribution in [2.24, 2.45) is 5.92 Å². The zero-order valence-corrected chi connectivity index (χ0v) is 13.4. The number of ether oxygens (including phenoxy) is 2. The molecule has 1 saturated heterocycles. The Morgan fingerprint density at radius 3 is 2.52 bits per heavy atom. The number of carboxylic acid groups (broad SMARTS) is 1. The van der Waals surface area contributed by atoms with E-state index in [2.05, 4.69) is 5.32 Å². The molecule has 0 amide bonds. The minimum absolute atomic E-state index is 0.196. The van der Waals surface area contributed by atoms with Gasteiger partial charge in [0.25, 0.3) is 0 Å². The first-order chi connectivity index (χ1) is 10.9. The van der Waals surface area contributed by atoms with Gasteiger partial charge >= 0.3 is 5.97 Å². The second-order valence-electron chi connectivity index (χ2n) is 6.64. The third kappa shape index (κ3) is 3.27. The first kappa shape index (κ1) is 16.1. The van der Waals surface area contributed by atoms with Crippen molar-refractivity contribution in [1.29, 1.82) is 0 Å². The van der Waals surface area contributed by atoms with E-state index in [0.29, 0.717) is 43.2 Å². The van der Waals surface area contributed by atoms with Crippen LogP contribution < -0.4 is 14.8 Å². The van der Waals surface area contributed by atoms with E-state index in [0.717, 1.165) is 12.0 Å². The molecule has 2 aliphatic heterocycles. The summed E-state index contributed by atoms with van der Waals surface area (Å²) >= 11 is 0. The lowest BCUT2D eigenvalue weighted by Crippen LogP contribution is -2.20. The fraction of sp³-hybridized carbons (Fsp3) is 0.588. The highest BCUT2D eigenvalue weighted by molar-refractivity contribution is 5.71. The Morgan fingerprint density at radius 2 is 1.96 bits per heavy atom. The molecule has 0 spiro atoms. The average molecular weight is 323 g/mol. The average Bonchev–Trinajstić information content (AvgIpc) is 2.85. The predicted octanol–water partition coefficient (Wildman–Crippen LogP) is 2.79. The second-order valence-corrected chi connectivity index (χ2v) is 6.64. The Balaban J connectivity index is 2.01. The summed E-state index contributed by atoms with van der Waals surface area (Å²) in [6.45, 7) is 4.49. The van der Waals surface area contributed by atoms with E-state index in [-0.39, 0.29) is 6.04 Å². The zero-order chi connectivity index (χ0) is 16.6. The van der Waals surface area contributed by atoms with Crippen molar-refractivity contribution in [2.75, 3.05) is 19.8 Å². The molecule has 2 N–H and O–H groups in total. The van der Waals surface area contributed by atoms with Crippen LogP contribution in [0.2, 0.25) is 0 Å². The van der Waals surface area contributed by atoms with Crippen LogP contribution >= 0.6 is 0 Å². The van der Waals surface area contributed by atoms with Crippen molar-refractivity contribution in [1.82, 2.24) is 5.32 Å². The Bertz CT molecular complexity index is 611. The van der Waals surface area contributed by atoms with Gasteiger partial charge in [0.1, 0.15) is 5.67 Å². The van der Waals surface area contributed by atoms with Crippen molar-refractivity contribution in [3.8, 4) is 11.5 Å². The SMILES string of the molecule is CC(C)(F)c1cc2c(cc1C1CC(C(=O)O)CN1)OCCCO2. The van der Waals surface area contributed by atoms with Crippen molar-refractivity contribution in [3.05, 3.63) is 23.3 Å². The standard InChI is InChI=1S/C17H22FNO4/c1-17(2,18)12-8-15-14(22-4-3-5-23-15)7-11(12)13-6-10(9-19-13)16(20)21/h7-8,10,13,19H,3-6,9H2,1-2H3,(H,20,21). The largest absolute Gasteiger partial charge is 0.490 e. The Morgan fingerprint density at radius 1 is 1.30 bits per heavy atom. The van der Waals surface area contributed by atoms with Crippen LogP contribution in [0.5, 0.6) is 11.5 Å². The van der Waals surface area contributed by atoms with E-state index in [1.54, 1.807) is 12.1 Å². The minimum Gasteiger partial charge on any atom is -0.490 e. The van der Waals surface area contributed by atoms with Crippen LogP contribution in [-0.4, -0.2) is 30.8 Å². The molecule has 6 heteroatoms. The van der Waals surface area contributed by atoms with Crippen LogP contribution in [0.4, 0.5) is 4.39 Å². The lowest BCUT2D eigenvalue weighted by atomic mass is 9.88. The molecular formula is C17H22FNO4. The number of rotatable bonds is 3. The molecular weight excluding hydrogens is 301 g/mol. The quantitative estimate of drug-likeness (QED) is 0.895. The number of carboxylic acids is 1. The molecule has 2 atom stereocenters. The first-order valence-corrected chi connectivity index (χ1v) is 7.95. The molecule has 2 aliphatic rings. The van der Waals surface area contributed by atoms with Gasteiger partial charge in [-0.15, -0.1) is 0 Å². The number of benzene rings is 1. The van der Waals surface area contributed by atoms with Crippen molar-refractivity contribution in [3.63, 3.8) is 0 Å². The Hall–Kier alpha value is -1.82. The molecule has 2 unspecified atom stereocenters. The fourth-order valence-electron chi connectivity index (χ4n) is 3.19. The number of halogens is 1. The van der Waals surface area contributed by atoms with E-state index < -0.39 is 17.6 Å². The van der Waals surface area contributed by atoms with Crippen LogP contribution in [0.15, 0.2) is 12.1 Å². The molecule has 23 heavy (non-hydrogen) atoms. The number of hydrogen-bond donors (Lipinski definition) is 2. The maximum Gasteiger partial charge on any atom is 0.307 e. The van der Waals surface area contributed by atoms with Gasteiger partial charge in [-0.2, -0.15) is 0 Å². The number of carbonyl (C=O) groups is 1. The van der Waals surface area contributed by atoms with Crippen molar-refractivity contribution >= 4 is 5.97 Å². The summed E-state index contributed by atoms with van der Waals surface area (Å²) in [5.41, 5.74) is -0.279. The Kier molecular flexibility index (Phi) is 4.19. The van der Waals surface area contributed by atoms with Gasteiger partial charge in [-0.25, -0.2) is 4.39 Å². The van der Waals surface area contributed by atoms with Crippen LogP contribution in [0.3, 0.4) is 0 Å². The normalized spacial score (nSPS) is 24.3. The zero-order valence-electron chi connectivity index (χ0n) is 13.4. The molecule has 1 aromatic rings. The van der Waals surface area contributed by atoms with Crippen LogP contribution in [-0.2, 0) is 10.5 Å². The van der Waals surface area contributed by atoms with Gasteiger partial charge in [-0.05, 0) is 43.5 Å². The molecule has 0 saturated carbocycles. The summed E-state index contributed by atoms with van der Waals surface area (Å²) in [6, 6.07) is 3.31. The first-order valence-electron chi connectivity index (χ1n) is 7.95. The van der Waals surface area contributed by atoms with Gasteiger partial charge in [-0.1, -0.05) is 0 Å². The van der Waals surface area contributed by atoms with E-state index in [4.69, 9.17) is 9.47 Å². The highest BCUT2D eigenvalue weighted by Crippen LogP contribution is 2.42. The summed E-state index contributed by atoms with van der Waals surface area (Å²) in [5.74, 6) is -0.118. The van der Waals surface area contributed by atoms with Gasteiger partial charge in [0, 0.05) is 19.0 Å². The highest BCUT2D eigenvalue weighted by Gasteiger charge is 2.35. The third-order valence-electron chi connectivity index (χ3n) is 4.42. The minimum atomic E-state index is -1.55. The molecule has 0 radical (unpaired) electrons. The maximum atomic E-state index is 14.7. The molecule has 0 aromatic heterocycles. The number of nitrogens with one attached hydrogen (secondary N) is 1. The summed E-state index contributed by atoms with van der Waals surface area (Å²) in [4.78, 5) is 11.2. The summed E-state index contributed by atoms with van der Waals surface area (Å²) < 4.78 is 26.1. The lowest BCUT2D eigenvalue weighted by Gasteiger charge is -2.25. The van der Waals surface area contributed by atoms with Crippen molar-refractivity contribution < 1.29 is 23.8 Å². The third-order valence-corrected chi connectivity index (χ3v) is 4.42. The summed E-state index contributed by atoms with van der Waals surface area (Å²) in [7, 11) is 0. The fourth-order valence-corrected chi connectivity index (χ4v) is 3.19. The van der Waals surface area contributed by atoms with E-state index in [9.17, 15) is 14.3 Å². The van der Waals surface area contributed by atoms with Crippen LogP contribution in [0.1, 0.15) is 43.9 Å². The van der Waals surface area contributed by atoms with E-state index in [1.165, 1.54) is 13.8 Å². The van der Waals surface area contributed by atoms with Gasteiger partial charge in [-0.3, -0.25) is 4.79 Å². The number of aliphatic carboxylic acids is 1. The van der Waals surface area contributed by atoms with Gasteiger partial charge in [0.15, 0.2) is 11.5 Å². The van der Waals surface area contributed by atoms with Crippen molar-refractivity contribution in [2.45, 2.75) is 38.4 Å². The summed E-state index contributed by atoms with van der Waals surface area (Å²) in [5, 5.41) is 12.4. The smallest absolute Gasteiger partial charge is 0.307 e. The maximum absolute atomic E-state index is 14.7. The van der Waals surface area contributed by atoms with Crippen LogP contribution in [0, 0.1) is 5.92 Å². The predicted molar refractivity (Wildman–Crippen MR) is 82.7 cm³/mol. The van der Waals surface area contributed by atoms with E-state index in [1.807, 2.05) is 0 Å². The molecule has 1 fully saturated rings. The highest BCUT2D eigenvalue weighted by atomic mass is 19.1. The van der Waals surface area contributed by atoms with Crippen LogP contribution in [0.25, 0.3) is 0 Å². The number of alkyl halides is 1. The molecule has 0 aliphatic carbocycles. The van der Waals surface area contributed by atoms with E-state index >= 15 is 0 Å². The number of hydrogen-bond acceptors (Lipinski definition) is 4. The second kappa shape index (κ2) is 6.00. The molecule has 3 rings (SSSR count). The molecule has 0 bridgehead atoms. The summed E-state index contributed by atoms with van der Waals surface area (Å²) in [6.07, 6.45) is 1.22.